The van der Waals surface area contributed by atoms with Crippen LogP contribution in [-0.2, 0) is 18.0 Å². The number of hydrogen-bond acceptors (Lipinski definition) is 6. The van der Waals surface area contributed by atoms with Gasteiger partial charge in [0.1, 0.15) is 24.0 Å². The van der Waals surface area contributed by atoms with Gasteiger partial charge in [0.05, 0.1) is 30.4 Å². The average Bonchev–Trinajstić information content (AvgIpc) is 3.34. The van der Waals surface area contributed by atoms with Crippen LogP contribution < -0.4 is 10.6 Å². The van der Waals surface area contributed by atoms with Crippen molar-refractivity contribution in [3.63, 3.8) is 0 Å². The molecule has 0 aliphatic carbocycles. The molecule has 11 heteroatoms. The van der Waals surface area contributed by atoms with Crippen LogP contribution in [-0.4, -0.2) is 47.0 Å². The first-order chi connectivity index (χ1) is 15.2. The molecule has 3 rings (SSSR count). The highest BCUT2D eigenvalue weighted by Crippen LogP contribution is 2.26. The number of nitrogens with one attached hydrogen (secondary N) is 2. The molecule has 170 valence electrons. The third kappa shape index (κ3) is 6.75. The van der Waals surface area contributed by atoms with Gasteiger partial charge in [-0.15, -0.1) is 0 Å². The molecule has 0 unspecified atom stereocenters. The number of fused-ring (bicyclic) bond motifs is 1. The van der Waals surface area contributed by atoms with E-state index < -0.39 is 14.2 Å². The van der Waals surface area contributed by atoms with Gasteiger partial charge in [0, 0.05) is 14.7 Å². The Morgan fingerprint density at radius 3 is 2.88 bits per heavy atom. The van der Waals surface area contributed by atoms with Gasteiger partial charge in [0.25, 0.3) is 0 Å². The Kier molecular flexibility index (Phi) is 7.79. The van der Waals surface area contributed by atoms with Gasteiger partial charge in [-0.1, -0.05) is 25.6 Å². The minimum Gasteiger partial charge on any atom is -0.467 e. The Bertz CT molecular complexity index is 1130. The predicted octanol–water partition coefficient (Wildman–Crippen LogP) is 4.22. The maximum Gasteiger partial charge on any atom is 0.405 e. The van der Waals surface area contributed by atoms with E-state index in [1.165, 1.54) is 0 Å². The molecule has 0 saturated heterocycles. The second-order valence-corrected chi connectivity index (χ2v) is 14.2. The Morgan fingerprint density at radius 1 is 1.38 bits per heavy atom. The molecule has 0 saturated carbocycles. The number of hydrogen-bond donors (Lipinski definition) is 3. The molecule has 0 aliphatic heterocycles. The molecule has 3 heterocycles. The van der Waals surface area contributed by atoms with Crippen LogP contribution in [0.1, 0.15) is 11.5 Å². The Hall–Kier alpha value is -3.00. The van der Waals surface area contributed by atoms with Crippen molar-refractivity contribution in [2.24, 2.45) is 0 Å². The number of nitrogens with zero attached hydrogens (tertiary/aromatic N) is 3. The van der Waals surface area contributed by atoms with Crippen LogP contribution in [0.15, 0.2) is 28.9 Å². The summed E-state index contributed by atoms with van der Waals surface area (Å²) in [6.07, 6.45) is 0.476. The lowest BCUT2D eigenvalue weighted by Gasteiger charge is -2.16. The number of carboxylic acid groups (broad SMARTS) is 1. The van der Waals surface area contributed by atoms with Crippen molar-refractivity contribution in [3.8, 4) is 11.8 Å². The van der Waals surface area contributed by atoms with E-state index in [1.54, 1.807) is 6.26 Å². The third-order valence-corrected chi connectivity index (χ3v) is 6.37. The van der Waals surface area contributed by atoms with Crippen molar-refractivity contribution in [1.29, 1.82) is 0 Å². The van der Waals surface area contributed by atoms with Gasteiger partial charge >= 0.3 is 6.09 Å². The molecule has 0 aliphatic rings. The van der Waals surface area contributed by atoms with Crippen LogP contribution in [0.2, 0.25) is 31.0 Å². The first kappa shape index (κ1) is 23.7. The summed E-state index contributed by atoms with van der Waals surface area (Å²) in [7, 11) is -1.23. The van der Waals surface area contributed by atoms with Crippen molar-refractivity contribution < 1.29 is 19.1 Å². The molecule has 0 atom stereocenters. The van der Waals surface area contributed by atoms with Crippen molar-refractivity contribution in [1.82, 2.24) is 19.9 Å². The molecule has 0 aromatic carbocycles. The number of aromatic nitrogens is 3. The van der Waals surface area contributed by atoms with Crippen LogP contribution in [0.5, 0.6) is 0 Å². The summed E-state index contributed by atoms with van der Waals surface area (Å²) in [6, 6.07) is 6.54. The van der Waals surface area contributed by atoms with Crippen molar-refractivity contribution in [3.05, 3.63) is 41.2 Å². The van der Waals surface area contributed by atoms with E-state index >= 15 is 0 Å². The molecule has 3 N–H and O–H groups in total. The summed E-state index contributed by atoms with van der Waals surface area (Å²) in [5.41, 5.74) is 1.20. The smallest absolute Gasteiger partial charge is 0.405 e. The van der Waals surface area contributed by atoms with Crippen LogP contribution in [0, 0.1) is 11.8 Å². The molecule has 0 bridgehead atoms. The highest BCUT2D eigenvalue weighted by Gasteiger charge is 2.17. The maximum atomic E-state index is 10.7. The SMILES string of the molecule is C[Si](C)(C)CCOCn1c(C#CCNC(=O)O)cc2c(NCc3ccco3)nc(Cl)nc21. The molecule has 9 nitrogen and oxygen atoms in total. The van der Waals surface area contributed by atoms with Crippen LogP contribution in [0.25, 0.3) is 11.0 Å². The molecule has 0 fully saturated rings. The van der Waals surface area contributed by atoms with Crippen LogP contribution in [0.3, 0.4) is 0 Å². The fourth-order valence-corrected chi connectivity index (χ4v) is 3.76. The second-order valence-electron chi connectivity index (χ2n) is 8.28. The normalized spacial score (nSPS) is 11.2. The minimum atomic E-state index is -1.23. The number of rotatable bonds is 9. The predicted molar refractivity (Wildman–Crippen MR) is 126 cm³/mol. The van der Waals surface area contributed by atoms with E-state index in [0.29, 0.717) is 30.3 Å². The molecule has 3 aromatic rings. The lowest BCUT2D eigenvalue weighted by molar-refractivity contribution is 0.0894. The highest BCUT2D eigenvalue weighted by molar-refractivity contribution is 6.76. The van der Waals surface area contributed by atoms with Crippen molar-refractivity contribution in [2.45, 2.75) is 39.0 Å². The largest absolute Gasteiger partial charge is 0.467 e. The zero-order valence-electron chi connectivity index (χ0n) is 18.2. The summed E-state index contributed by atoms with van der Waals surface area (Å²) in [6.45, 7) is 8.17. The number of carbonyl (C=O) groups is 1. The monoisotopic (exact) mass is 475 g/mol. The first-order valence-corrected chi connectivity index (χ1v) is 14.2. The van der Waals surface area contributed by atoms with Crippen LogP contribution in [0.4, 0.5) is 10.6 Å². The Morgan fingerprint density at radius 2 is 2.19 bits per heavy atom. The number of halogens is 1. The molecular weight excluding hydrogens is 450 g/mol. The Balaban J connectivity index is 1.90. The number of amides is 1. The van der Waals surface area contributed by atoms with Gasteiger partial charge in [0.2, 0.25) is 5.28 Å². The summed E-state index contributed by atoms with van der Waals surface area (Å²) in [4.78, 5) is 19.4. The molecule has 0 spiro atoms. The van der Waals surface area contributed by atoms with Gasteiger partial charge < -0.3 is 24.9 Å². The average molecular weight is 476 g/mol. The summed E-state index contributed by atoms with van der Waals surface area (Å²) < 4.78 is 13.1. The van der Waals surface area contributed by atoms with E-state index in [-0.39, 0.29) is 18.6 Å². The molecule has 1 amide bonds. The standard InChI is InChI=1S/C21H26ClN5O4Si/c1-32(2,3)11-10-30-14-27-15(6-4-8-23-21(28)29)12-17-18(25-20(22)26-19(17)27)24-13-16-7-5-9-31-16/h5,7,9,12,23H,8,10-11,13-14H2,1-3H3,(H,28,29)(H,24,25,26). The second kappa shape index (κ2) is 10.5. The zero-order valence-corrected chi connectivity index (χ0v) is 20.0. The number of ether oxygens (including phenoxy) is 1. The van der Waals surface area contributed by atoms with Crippen molar-refractivity contribution >= 4 is 42.6 Å². The topological polar surface area (TPSA) is 114 Å². The fourth-order valence-electron chi connectivity index (χ4n) is 2.84. The summed E-state index contributed by atoms with van der Waals surface area (Å²) in [5, 5.41) is 15.0. The van der Waals surface area contributed by atoms with E-state index in [1.807, 2.05) is 22.8 Å². The molecular formula is C21H26ClN5O4Si. The quantitative estimate of drug-likeness (QED) is 0.184. The first-order valence-electron chi connectivity index (χ1n) is 10.1. The highest BCUT2D eigenvalue weighted by atomic mass is 35.5. The van der Waals surface area contributed by atoms with Crippen molar-refractivity contribution in [2.75, 3.05) is 18.5 Å². The minimum absolute atomic E-state index is 0.00335. The molecule has 0 radical (unpaired) electrons. The van der Waals surface area contributed by atoms with E-state index in [4.69, 9.17) is 25.9 Å². The molecule has 32 heavy (non-hydrogen) atoms. The van der Waals surface area contributed by atoms with Crippen LogP contribution >= 0.6 is 11.6 Å². The number of anilines is 1. The summed E-state index contributed by atoms with van der Waals surface area (Å²) >= 11 is 6.20. The van der Waals surface area contributed by atoms with Gasteiger partial charge in [-0.3, -0.25) is 4.57 Å². The number of furan rings is 1. The lowest BCUT2D eigenvalue weighted by atomic mass is 10.3. The maximum absolute atomic E-state index is 10.7. The van der Waals surface area contributed by atoms with Gasteiger partial charge in [-0.25, -0.2) is 9.78 Å². The van der Waals surface area contributed by atoms with Gasteiger partial charge in [0.15, 0.2) is 0 Å². The summed E-state index contributed by atoms with van der Waals surface area (Å²) in [5.74, 6) is 7.10. The van der Waals surface area contributed by atoms with Gasteiger partial charge in [-0.2, -0.15) is 4.98 Å². The molecule has 3 aromatic heterocycles. The van der Waals surface area contributed by atoms with E-state index in [9.17, 15) is 4.79 Å². The Labute approximate surface area is 192 Å². The van der Waals surface area contributed by atoms with E-state index in [2.05, 4.69) is 52.1 Å². The van der Waals surface area contributed by atoms with Gasteiger partial charge in [-0.05, 0) is 41.8 Å². The van der Waals surface area contributed by atoms with E-state index in [0.717, 1.165) is 17.2 Å². The third-order valence-electron chi connectivity index (χ3n) is 4.50. The lowest BCUT2D eigenvalue weighted by Crippen LogP contribution is -2.22. The zero-order chi connectivity index (χ0) is 23.1. The fraction of sp³-hybridized carbons (Fsp3) is 0.381.